The zero-order valence-corrected chi connectivity index (χ0v) is 30.2. The number of carbonyl (C=O) groups is 2. The molecule has 2 aromatic heterocycles. The molecule has 0 saturated heterocycles. The molecule has 0 fully saturated rings. The van der Waals surface area contributed by atoms with Gasteiger partial charge in [-0.3, -0.25) is 19.2 Å². The van der Waals surface area contributed by atoms with Crippen molar-refractivity contribution in [2.24, 2.45) is 0 Å². The molecular formula is C35H33N5O8S3. The number of aromatic nitrogens is 2. The largest absolute Gasteiger partial charge is 0.495 e. The Labute approximate surface area is 301 Å². The summed E-state index contributed by atoms with van der Waals surface area (Å²) in [5.41, 5.74) is 1.56. The molecule has 0 atom stereocenters. The van der Waals surface area contributed by atoms with Crippen LogP contribution in [0.15, 0.2) is 89.8 Å². The summed E-state index contributed by atoms with van der Waals surface area (Å²) in [4.78, 5) is 34.8. The summed E-state index contributed by atoms with van der Waals surface area (Å²) in [6, 6.07) is 23.0. The molecule has 4 aromatic carbocycles. The molecule has 16 heteroatoms. The van der Waals surface area contributed by atoms with Gasteiger partial charge in [-0.15, -0.1) is 0 Å². The minimum Gasteiger partial charge on any atom is -0.495 e. The van der Waals surface area contributed by atoms with Crippen LogP contribution in [0.25, 0.3) is 20.4 Å². The average molecular weight is 748 g/mol. The third-order valence-electron chi connectivity index (χ3n) is 7.26. The van der Waals surface area contributed by atoms with Crippen molar-refractivity contribution in [2.75, 3.05) is 48.4 Å². The van der Waals surface area contributed by atoms with Crippen molar-refractivity contribution in [2.45, 2.75) is 18.7 Å². The van der Waals surface area contributed by atoms with E-state index < -0.39 is 28.4 Å². The van der Waals surface area contributed by atoms with Crippen molar-refractivity contribution < 1.29 is 37.0 Å². The van der Waals surface area contributed by atoms with Crippen LogP contribution in [-0.4, -0.2) is 63.7 Å². The molecule has 0 aliphatic carbocycles. The summed E-state index contributed by atoms with van der Waals surface area (Å²) in [5.74, 6) is 0.873. The van der Waals surface area contributed by atoms with Gasteiger partial charge >= 0.3 is 0 Å². The Morgan fingerprint density at radius 2 is 1.27 bits per heavy atom. The van der Waals surface area contributed by atoms with E-state index in [-0.39, 0.29) is 28.7 Å². The molecule has 0 aliphatic rings. The second-order valence-corrected chi connectivity index (χ2v) is 14.6. The maximum Gasteiger partial charge on any atom is 0.264 e. The van der Waals surface area contributed by atoms with Crippen LogP contribution in [0.1, 0.15) is 13.8 Å². The van der Waals surface area contributed by atoms with Crippen LogP contribution in [0.2, 0.25) is 0 Å². The number of amides is 2. The summed E-state index contributed by atoms with van der Waals surface area (Å²) in [6.07, 6.45) is 0. The first-order chi connectivity index (χ1) is 24.7. The van der Waals surface area contributed by atoms with Crippen molar-refractivity contribution in [3.63, 3.8) is 0 Å². The topological polar surface area (TPSA) is 158 Å². The standard InChI is InChI=1S/C35H33N5O8S3/c1-4-46-23-12-16-26-30(18-23)49-34(36-26)38-32(41)20-40(28-8-6-7-9-29(28)45-3)51(43,44)25-14-10-22(11-15-25)48-21-33(42)39-35-37-27-17-13-24(47-5-2)19-31(27)50-35/h6-19H,4-5,20-21H2,1-3H3,(H,36,38,41)(H,37,39,42). The molecule has 6 aromatic rings. The van der Waals surface area contributed by atoms with E-state index in [4.69, 9.17) is 18.9 Å². The highest BCUT2D eigenvalue weighted by Crippen LogP contribution is 2.34. The monoisotopic (exact) mass is 747 g/mol. The first kappa shape index (κ1) is 35.4. The summed E-state index contributed by atoms with van der Waals surface area (Å²) < 4.78 is 53.0. The number of thiazole rings is 2. The van der Waals surface area contributed by atoms with Crippen LogP contribution in [-0.2, 0) is 19.6 Å². The fraction of sp³-hybridized carbons (Fsp3) is 0.200. The third kappa shape index (κ3) is 8.30. The Morgan fingerprint density at radius 1 is 0.725 bits per heavy atom. The van der Waals surface area contributed by atoms with E-state index in [0.29, 0.717) is 34.7 Å². The number of rotatable bonds is 15. The van der Waals surface area contributed by atoms with Crippen LogP contribution >= 0.6 is 22.7 Å². The van der Waals surface area contributed by atoms with Gasteiger partial charge in [-0.1, -0.05) is 34.8 Å². The highest BCUT2D eigenvalue weighted by atomic mass is 32.2. The van der Waals surface area contributed by atoms with Gasteiger partial charge in [0, 0.05) is 0 Å². The molecule has 264 valence electrons. The van der Waals surface area contributed by atoms with Crippen molar-refractivity contribution in [1.29, 1.82) is 0 Å². The smallest absolute Gasteiger partial charge is 0.264 e. The first-order valence-electron chi connectivity index (χ1n) is 15.7. The van der Waals surface area contributed by atoms with Crippen molar-refractivity contribution in [1.82, 2.24) is 9.97 Å². The van der Waals surface area contributed by atoms with Crippen molar-refractivity contribution in [3.05, 3.63) is 84.9 Å². The zero-order valence-electron chi connectivity index (χ0n) is 27.7. The third-order valence-corrected chi connectivity index (χ3v) is 10.9. The van der Waals surface area contributed by atoms with Crippen LogP contribution in [0.5, 0.6) is 23.0 Å². The number of nitrogens with zero attached hydrogens (tertiary/aromatic N) is 3. The van der Waals surface area contributed by atoms with Gasteiger partial charge in [-0.05, 0) is 86.6 Å². The Bertz CT molecular complexity index is 2290. The minimum atomic E-state index is -4.31. The van der Waals surface area contributed by atoms with E-state index in [2.05, 4.69) is 20.6 Å². The predicted molar refractivity (Wildman–Crippen MR) is 198 cm³/mol. The summed E-state index contributed by atoms with van der Waals surface area (Å²) in [6.45, 7) is 3.94. The molecule has 13 nitrogen and oxygen atoms in total. The molecule has 6 rings (SSSR count). The van der Waals surface area contributed by atoms with E-state index in [1.165, 1.54) is 54.0 Å². The number of anilines is 3. The highest BCUT2D eigenvalue weighted by Gasteiger charge is 2.30. The van der Waals surface area contributed by atoms with Gasteiger partial charge in [0.15, 0.2) is 16.9 Å². The zero-order chi connectivity index (χ0) is 36.0. The summed E-state index contributed by atoms with van der Waals surface area (Å²) in [5, 5.41) is 6.17. The number of ether oxygens (including phenoxy) is 4. The molecule has 0 spiro atoms. The number of hydrogen-bond acceptors (Lipinski definition) is 12. The van der Waals surface area contributed by atoms with Gasteiger partial charge < -0.3 is 24.3 Å². The Hall–Kier alpha value is -5.45. The van der Waals surface area contributed by atoms with E-state index >= 15 is 0 Å². The van der Waals surface area contributed by atoms with Crippen LogP contribution in [0, 0.1) is 0 Å². The lowest BCUT2D eigenvalue weighted by atomic mass is 10.3. The van der Waals surface area contributed by atoms with Crippen molar-refractivity contribution >= 4 is 80.9 Å². The van der Waals surface area contributed by atoms with E-state index in [0.717, 1.165) is 25.0 Å². The van der Waals surface area contributed by atoms with Gasteiger partial charge in [-0.25, -0.2) is 18.4 Å². The van der Waals surface area contributed by atoms with E-state index in [1.54, 1.807) is 36.4 Å². The predicted octanol–water partition coefficient (Wildman–Crippen LogP) is 6.56. The Kier molecular flexibility index (Phi) is 10.8. The second-order valence-electron chi connectivity index (χ2n) is 10.7. The van der Waals surface area contributed by atoms with Crippen LogP contribution in [0.4, 0.5) is 16.0 Å². The molecule has 2 heterocycles. The maximum atomic E-state index is 14.1. The molecule has 0 bridgehead atoms. The lowest BCUT2D eigenvalue weighted by Gasteiger charge is -2.25. The fourth-order valence-corrected chi connectivity index (χ4v) is 8.25. The molecule has 2 amide bonds. The summed E-state index contributed by atoms with van der Waals surface area (Å²) >= 11 is 2.55. The first-order valence-corrected chi connectivity index (χ1v) is 18.8. The van der Waals surface area contributed by atoms with Crippen LogP contribution in [0.3, 0.4) is 0 Å². The lowest BCUT2D eigenvalue weighted by molar-refractivity contribution is -0.118. The molecule has 0 saturated carbocycles. The number of sulfonamides is 1. The van der Waals surface area contributed by atoms with Gasteiger partial charge in [0.1, 0.15) is 29.5 Å². The van der Waals surface area contributed by atoms with Gasteiger partial charge in [-0.2, -0.15) is 0 Å². The minimum absolute atomic E-state index is 0.109. The number of methoxy groups -OCH3 is 1. The van der Waals surface area contributed by atoms with Gasteiger partial charge in [0.25, 0.3) is 15.9 Å². The van der Waals surface area contributed by atoms with E-state index in [1.807, 2.05) is 38.1 Å². The molecule has 2 N–H and O–H groups in total. The van der Waals surface area contributed by atoms with Gasteiger partial charge in [0.05, 0.1) is 51.3 Å². The molecular weight excluding hydrogens is 715 g/mol. The second kappa shape index (κ2) is 15.6. The fourth-order valence-electron chi connectivity index (χ4n) is 4.99. The van der Waals surface area contributed by atoms with Crippen molar-refractivity contribution in [3.8, 4) is 23.0 Å². The number of benzene rings is 4. The quantitative estimate of drug-likeness (QED) is 0.118. The van der Waals surface area contributed by atoms with E-state index in [9.17, 15) is 18.0 Å². The molecule has 0 unspecified atom stereocenters. The Balaban J connectivity index is 1.14. The molecule has 0 aliphatic heterocycles. The maximum absolute atomic E-state index is 14.1. The molecule has 51 heavy (non-hydrogen) atoms. The normalized spacial score (nSPS) is 11.3. The Morgan fingerprint density at radius 3 is 1.84 bits per heavy atom. The highest BCUT2D eigenvalue weighted by molar-refractivity contribution is 7.92. The lowest BCUT2D eigenvalue weighted by Crippen LogP contribution is -2.38. The number of hydrogen-bond donors (Lipinski definition) is 2. The summed E-state index contributed by atoms with van der Waals surface area (Å²) in [7, 11) is -2.90. The number of nitrogens with one attached hydrogen (secondary N) is 2. The average Bonchev–Trinajstić information content (AvgIpc) is 3.72. The number of carbonyl (C=O) groups excluding carboxylic acids is 2. The molecule has 0 radical (unpaired) electrons. The number of fused-ring (bicyclic) bond motifs is 2. The number of para-hydroxylation sites is 2. The SMILES string of the molecule is CCOc1ccc2nc(NC(=O)COc3ccc(S(=O)(=O)N(CC(=O)Nc4nc5ccc(OCC)cc5s4)c4ccccc4OC)cc3)sc2c1. The van der Waals surface area contributed by atoms with Crippen LogP contribution < -0.4 is 33.9 Å². The van der Waals surface area contributed by atoms with Gasteiger partial charge in [0.2, 0.25) is 5.91 Å².